The van der Waals surface area contributed by atoms with Gasteiger partial charge in [0.05, 0.1) is 12.8 Å². The normalized spacial score (nSPS) is 13.7. The van der Waals surface area contributed by atoms with Crippen molar-refractivity contribution in [3.63, 3.8) is 0 Å². The van der Waals surface area contributed by atoms with Gasteiger partial charge >= 0.3 is 0 Å². The quantitative estimate of drug-likeness (QED) is 0.776. The number of ether oxygens (including phenoxy) is 1. The fourth-order valence-corrected chi connectivity index (χ4v) is 2.63. The van der Waals surface area contributed by atoms with Crippen LogP contribution in [0, 0.1) is 11.8 Å². The van der Waals surface area contributed by atoms with E-state index in [0.717, 1.165) is 30.0 Å². The molecule has 0 atom stereocenters. The summed E-state index contributed by atoms with van der Waals surface area (Å²) in [6.07, 6.45) is 2.56. The highest BCUT2D eigenvalue weighted by molar-refractivity contribution is 5.62. The Morgan fingerprint density at radius 3 is 2.33 bits per heavy atom. The Bertz CT molecular complexity index is 658. The van der Waals surface area contributed by atoms with Crippen molar-refractivity contribution in [3.8, 4) is 17.6 Å². The summed E-state index contributed by atoms with van der Waals surface area (Å²) in [5, 5.41) is 0. The summed E-state index contributed by atoms with van der Waals surface area (Å²) in [4.78, 5) is 2.43. The van der Waals surface area contributed by atoms with Crippen molar-refractivity contribution in [2.45, 2.75) is 12.8 Å². The van der Waals surface area contributed by atoms with Gasteiger partial charge in [-0.05, 0) is 49.2 Å². The van der Waals surface area contributed by atoms with Crippen LogP contribution in [0.2, 0.25) is 0 Å². The van der Waals surface area contributed by atoms with Gasteiger partial charge in [-0.15, -0.1) is 0 Å². The molecule has 2 aromatic carbocycles. The molecule has 1 aliphatic heterocycles. The lowest BCUT2D eigenvalue weighted by molar-refractivity contribution is 0.415. The Kier molecular flexibility index (Phi) is 4.12. The molecule has 0 bridgehead atoms. The van der Waals surface area contributed by atoms with Crippen molar-refractivity contribution >= 4 is 5.69 Å². The summed E-state index contributed by atoms with van der Waals surface area (Å²) < 4.78 is 5.16. The van der Waals surface area contributed by atoms with E-state index in [-0.39, 0.29) is 0 Å². The molecule has 2 nitrogen and oxygen atoms in total. The fourth-order valence-electron chi connectivity index (χ4n) is 2.63. The Morgan fingerprint density at radius 2 is 1.62 bits per heavy atom. The molecule has 106 valence electrons. The van der Waals surface area contributed by atoms with E-state index in [4.69, 9.17) is 4.74 Å². The largest absolute Gasteiger partial charge is 0.497 e. The van der Waals surface area contributed by atoms with Gasteiger partial charge in [-0.1, -0.05) is 24.0 Å². The molecule has 0 N–H and O–H groups in total. The van der Waals surface area contributed by atoms with Crippen molar-refractivity contribution in [1.82, 2.24) is 0 Å². The maximum atomic E-state index is 5.16. The van der Waals surface area contributed by atoms with Crippen LogP contribution in [0.1, 0.15) is 24.0 Å². The zero-order valence-electron chi connectivity index (χ0n) is 12.3. The maximum absolute atomic E-state index is 5.16. The van der Waals surface area contributed by atoms with Gasteiger partial charge in [0.1, 0.15) is 5.75 Å². The summed E-state index contributed by atoms with van der Waals surface area (Å²) in [6.45, 7) is 2.28. The van der Waals surface area contributed by atoms with Gasteiger partial charge in [-0.3, -0.25) is 0 Å². The minimum absolute atomic E-state index is 0.859. The van der Waals surface area contributed by atoms with Crippen molar-refractivity contribution in [2.75, 3.05) is 25.1 Å². The average Bonchev–Trinajstić information content (AvgIpc) is 3.08. The van der Waals surface area contributed by atoms with E-state index in [1.807, 2.05) is 24.3 Å². The monoisotopic (exact) mass is 277 g/mol. The van der Waals surface area contributed by atoms with Crippen LogP contribution >= 0.6 is 0 Å². The number of rotatable bonds is 2. The molecule has 1 aliphatic rings. The van der Waals surface area contributed by atoms with Crippen molar-refractivity contribution in [2.24, 2.45) is 0 Å². The fraction of sp³-hybridized carbons (Fsp3) is 0.263. The van der Waals surface area contributed by atoms with E-state index in [0.29, 0.717) is 0 Å². The number of para-hydroxylation sites is 1. The lowest BCUT2D eigenvalue weighted by Crippen LogP contribution is -2.18. The van der Waals surface area contributed by atoms with Crippen LogP contribution in [0.5, 0.6) is 5.75 Å². The second-order valence-electron chi connectivity index (χ2n) is 5.19. The molecule has 1 heterocycles. The van der Waals surface area contributed by atoms with Crippen LogP contribution in [0.3, 0.4) is 0 Å². The highest BCUT2D eigenvalue weighted by Gasteiger charge is 2.14. The number of hydrogen-bond acceptors (Lipinski definition) is 2. The molecule has 2 heteroatoms. The van der Waals surface area contributed by atoms with Gasteiger partial charge in [-0.25, -0.2) is 0 Å². The van der Waals surface area contributed by atoms with Gasteiger partial charge in [0.2, 0.25) is 0 Å². The molecule has 3 rings (SSSR count). The first-order valence-electron chi connectivity index (χ1n) is 7.37. The van der Waals surface area contributed by atoms with E-state index in [9.17, 15) is 0 Å². The van der Waals surface area contributed by atoms with Crippen LogP contribution in [-0.2, 0) is 0 Å². The molecule has 0 saturated carbocycles. The van der Waals surface area contributed by atoms with Crippen LogP contribution in [-0.4, -0.2) is 20.2 Å². The van der Waals surface area contributed by atoms with Crippen molar-refractivity contribution in [1.29, 1.82) is 0 Å². The van der Waals surface area contributed by atoms with Gasteiger partial charge < -0.3 is 9.64 Å². The van der Waals surface area contributed by atoms with E-state index >= 15 is 0 Å². The Balaban J connectivity index is 1.86. The SMILES string of the molecule is COc1ccc(C#Cc2ccccc2N2CCCC2)cc1. The Morgan fingerprint density at radius 1 is 0.905 bits per heavy atom. The first-order chi connectivity index (χ1) is 10.4. The van der Waals surface area contributed by atoms with Gasteiger partial charge in [0, 0.05) is 24.2 Å². The molecule has 21 heavy (non-hydrogen) atoms. The Labute approximate surface area is 126 Å². The molecule has 0 aromatic heterocycles. The summed E-state index contributed by atoms with van der Waals surface area (Å²) >= 11 is 0. The van der Waals surface area contributed by atoms with Gasteiger partial charge in [0.15, 0.2) is 0 Å². The summed E-state index contributed by atoms with van der Waals surface area (Å²) in [6, 6.07) is 16.3. The first kappa shape index (κ1) is 13.6. The average molecular weight is 277 g/mol. The number of methoxy groups -OCH3 is 1. The second kappa shape index (κ2) is 6.37. The smallest absolute Gasteiger partial charge is 0.118 e. The third-order valence-corrected chi connectivity index (χ3v) is 3.78. The topological polar surface area (TPSA) is 12.5 Å². The summed E-state index contributed by atoms with van der Waals surface area (Å²) in [5.41, 5.74) is 3.37. The minimum atomic E-state index is 0.859. The lowest BCUT2D eigenvalue weighted by Gasteiger charge is -2.19. The summed E-state index contributed by atoms with van der Waals surface area (Å²) in [5.74, 6) is 7.41. The van der Waals surface area contributed by atoms with E-state index in [1.165, 1.54) is 18.5 Å². The number of benzene rings is 2. The molecule has 1 fully saturated rings. The third kappa shape index (κ3) is 3.20. The van der Waals surface area contributed by atoms with Crippen molar-refractivity contribution in [3.05, 3.63) is 59.7 Å². The second-order valence-corrected chi connectivity index (χ2v) is 5.19. The van der Waals surface area contributed by atoms with E-state index in [1.54, 1.807) is 7.11 Å². The van der Waals surface area contributed by atoms with Crippen LogP contribution in [0.4, 0.5) is 5.69 Å². The van der Waals surface area contributed by atoms with Crippen LogP contribution in [0.15, 0.2) is 48.5 Å². The molecular weight excluding hydrogens is 258 g/mol. The summed E-state index contributed by atoms with van der Waals surface area (Å²) in [7, 11) is 1.67. The highest BCUT2D eigenvalue weighted by Crippen LogP contribution is 2.23. The van der Waals surface area contributed by atoms with Crippen molar-refractivity contribution < 1.29 is 4.74 Å². The molecule has 0 radical (unpaired) electrons. The minimum Gasteiger partial charge on any atom is -0.497 e. The maximum Gasteiger partial charge on any atom is 0.118 e. The zero-order chi connectivity index (χ0) is 14.5. The molecule has 1 saturated heterocycles. The number of hydrogen-bond donors (Lipinski definition) is 0. The van der Waals surface area contributed by atoms with Crippen LogP contribution in [0.25, 0.3) is 0 Å². The number of nitrogens with zero attached hydrogens (tertiary/aromatic N) is 1. The first-order valence-corrected chi connectivity index (χ1v) is 7.37. The van der Waals surface area contributed by atoms with E-state index in [2.05, 4.69) is 41.0 Å². The van der Waals surface area contributed by atoms with E-state index < -0.39 is 0 Å². The molecule has 0 spiro atoms. The van der Waals surface area contributed by atoms with Gasteiger partial charge in [-0.2, -0.15) is 0 Å². The molecule has 2 aromatic rings. The molecule has 0 unspecified atom stereocenters. The number of anilines is 1. The predicted octanol–water partition coefficient (Wildman–Crippen LogP) is 3.70. The lowest BCUT2D eigenvalue weighted by atomic mass is 10.1. The molecule has 0 aliphatic carbocycles. The third-order valence-electron chi connectivity index (χ3n) is 3.78. The highest BCUT2D eigenvalue weighted by atomic mass is 16.5. The van der Waals surface area contributed by atoms with Gasteiger partial charge in [0.25, 0.3) is 0 Å². The predicted molar refractivity (Wildman–Crippen MR) is 86.9 cm³/mol. The zero-order valence-corrected chi connectivity index (χ0v) is 12.3. The standard InChI is InChI=1S/C19H19NO/c1-21-18-12-9-16(10-13-18)8-11-17-6-2-3-7-19(17)20-14-4-5-15-20/h2-3,6-7,9-10,12-13H,4-5,14-15H2,1H3. The molecule has 0 amide bonds. The Hall–Kier alpha value is -2.40. The molecular formula is C19H19NO. The van der Waals surface area contributed by atoms with Crippen LogP contribution < -0.4 is 9.64 Å².